The lowest BCUT2D eigenvalue weighted by atomic mass is 10.1. The first kappa shape index (κ1) is 11.1. The van der Waals surface area contributed by atoms with Gasteiger partial charge in [0.1, 0.15) is 5.84 Å². The van der Waals surface area contributed by atoms with Gasteiger partial charge in [-0.15, -0.1) is 0 Å². The standard InChI is InChI=1S/C10H10Cl2N2S/c1-6-13-9(5-14(6)15)10-7(11)3-2-4-8(10)12/h2-4,9,15H,5H2,1H3. The first-order chi connectivity index (χ1) is 7.09. The lowest BCUT2D eigenvalue weighted by Crippen LogP contribution is -2.14. The number of nitrogens with zero attached hydrogens (tertiary/aromatic N) is 2. The van der Waals surface area contributed by atoms with Crippen molar-refractivity contribution in [2.24, 2.45) is 4.99 Å². The Morgan fingerprint density at radius 2 is 2.00 bits per heavy atom. The molecule has 1 aliphatic heterocycles. The quantitative estimate of drug-likeness (QED) is 0.763. The summed E-state index contributed by atoms with van der Waals surface area (Å²) in [5.41, 5.74) is 0.886. The molecule has 0 aromatic heterocycles. The molecule has 0 saturated heterocycles. The topological polar surface area (TPSA) is 15.6 Å². The van der Waals surface area contributed by atoms with Crippen LogP contribution in [0.5, 0.6) is 0 Å². The summed E-state index contributed by atoms with van der Waals surface area (Å²) in [6.45, 7) is 2.62. The van der Waals surface area contributed by atoms with Gasteiger partial charge in [-0.1, -0.05) is 42.1 Å². The summed E-state index contributed by atoms with van der Waals surface area (Å²) in [6, 6.07) is 5.48. The highest BCUT2D eigenvalue weighted by Gasteiger charge is 2.25. The molecule has 1 heterocycles. The molecule has 0 aliphatic carbocycles. The Kier molecular flexibility index (Phi) is 3.14. The van der Waals surface area contributed by atoms with Gasteiger partial charge in [0, 0.05) is 15.6 Å². The molecule has 80 valence electrons. The fourth-order valence-corrected chi connectivity index (χ4v) is 2.47. The first-order valence-electron chi connectivity index (χ1n) is 4.54. The van der Waals surface area contributed by atoms with Crippen molar-refractivity contribution in [2.75, 3.05) is 6.54 Å². The molecule has 2 rings (SSSR count). The second-order valence-corrected chi connectivity index (χ2v) is 4.71. The van der Waals surface area contributed by atoms with Gasteiger partial charge < -0.3 is 4.31 Å². The lowest BCUT2D eigenvalue weighted by molar-refractivity contribution is 0.640. The smallest absolute Gasteiger partial charge is 0.106 e. The third-order valence-corrected chi connectivity index (χ3v) is 3.51. The summed E-state index contributed by atoms with van der Waals surface area (Å²) in [6.07, 6.45) is 0. The summed E-state index contributed by atoms with van der Waals surface area (Å²) in [4.78, 5) is 4.46. The third kappa shape index (κ3) is 2.10. The predicted molar refractivity (Wildman–Crippen MR) is 68.0 cm³/mol. The van der Waals surface area contributed by atoms with Crippen LogP contribution < -0.4 is 0 Å². The number of aliphatic imine (C=N–C) groups is 1. The van der Waals surface area contributed by atoms with E-state index in [9.17, 15) is 0 Å². The second kappa shape index (κ2) is 4.24. The van der Waals surface area contributed by atoms with Gasteiger partial charge in [0.15, 0.2) is 0 Å². The largest absolute Gasteiger partial charge is 0.305 e. The van der Waals surface area contributed by atoms with Crippen molar-refractivity contribution in [2.45, 2.75) is 13.0 Å². The Balaban J connectivity index is 2.40. The van der Waals surface area contributed by atoms with E-state index in [-0.39, 0.29) is 6.04 Å². The molecule has 1 aliphatic rings. The van der Waals surface area contributed by atoms with E-state index in [2.05, 4.69) is 17.8 Å². The van der Waals surface area contributed by atoms with Crippen LogP contribution in [-0.4, -0.2) is 16.7 Å². The molecule has 0 radical (unpaired) electrons. The van der Waals surface area contributed by atoms with Crippen LogP contribution in [0.2, 0.25) is 10.0 Å². The molecule has 1 unspecified atom stereocenters. The molecule has 0 saturated carbocycles. The summed E-state index contributed by atoms with van der Waals surface area (Å²) in [7, 11) is 0. The maximum absolute atomic E-state index is 6.11. The minimum atomic E-state index is -0.0105. The van der Waals surface area contributed by atoms with Crippen LogP contribution in [0.3, 0.4) is 0 Å². The maximum atomic E-state index is 6.11. The van der Waals surface area contributed by atoms with E-state index >= 15 is 0 Å². The number of halogens is 2. The molecule has 1 aromatic rings. The fourth-order valence-electron chi connectivity index (χ4n) is 1.61. The Morgan fingerprint density at radius 3 is 2.47 bits per heavy atom. The van der Waals surface area contributed by atoms with Crippen molar-refractivity contribution in [3.05, 3.63) is 33.8 Å². The molecule has 0 amide bonds. The number of thiol groups is 1. The van der Waals surface area contributed by atoms with Crippen LogP contribution in [-0.2, 0) is 0 Å². The van der Waals surface area contributed by atoms with E-state index in [0.29, 0.717) is 16.6 Å². The molecule has 2 nitrogen and oxygen atoms in total. The van der Waals surface area contributed by atoms with Crippen molar-refractivity contribution in [3.8, 4) is 0 Å². The number of hydrogen-bond acceptors (Lipinski definition) is 3. The Morgan fingerprint density at radius 1 is 1.40 bits per heavy atom. The third-order valence-electron chi connectivity index (χ3n) is 2.40. The number of rotatable bonds is 1. The predicted octanol–water partition coefficient (Wildman–Crippen LogP) is 3.61. The van der Waals surface area contributed by atoms with Crippen LogP contribution in [0.1, 0.15) is 18.5 Å². The molecule has 0 fully saturated rings. The van der Waals surface area contributed by atoms with Crippen LogP contribution in [0, 0.1) is 0 Å². The Hall–Kier alpha value is -0.380. The number of hydrogen-bond donors (Lipinski definition) is 1. The second-order valence-electron chi connectivity index (χ2n) is 3.41. The maximum Gasteiger partial charge on any atom is 0.106 e. The zero-order valence-electron chi connectivity index (χ0n) is 8.11. The summed E-state index contributed by atoms with van der Waals surface area (Å²) >= 11 is 16.5. The van der Waals surface area contributed by atoms with Crippen molar-refractivity contribution in [1.29, 1.82) is 0 Å². The fraction of sp³-hybridized carbons (Fsp3) is 0.300. The SMILES string of the molecule is CC1=NC(c2c(Cl)cccc2Cl)CN1S. The monoisotopic (exact) mass is 260 g/mol. The highest BCUT2D eigenvalue weighted by atomic mass is 35.5. The summed E-state index contributed by atoms with van der Waals surface area (Å²) < 4.78 is 1.80. The zero-order valence-corrected chi connectivity index (χ0v) is 10.5. The molecule has 0 bridgehead atoms. The molecule has 0 spiro atoms. The van der Waals surface area contributed by atoms with Crippen molar-refractivity contribution in [3.63, 3.8) is 0 Å². The highest BCUT2D eigenvalue weighted by Crippen LogP contribution is 2.35. The van der Waals surface area contributed by atoms with Crippen LogP contribution in [0.4, 0.5) is 0 Å². The van der Waals surface area contributed by atoms with E-state index in [1.807, 2.05) is 25.1 Å². The van der Waals surface area contributed by atoms with Crippen LogP contribution in [0.25, 0.3) is 0 Å². The Labute approximate surface area is 104 Å². The van der Waals surface area contributed by atoms with Gasteiger partial charge in [0.05, 0.1) is 12.6 Å². The van der Waals surface area contributed by atoms with Crippen molar-refractivity contribution >= 4 is 41.9 Å². The van der Waals surface area contributed by atoms with E-state index in [4.69, 9.17) is 23.2 Å². The summed E-state index contributed by atoms with van der Waals surface area (Å²) in [5, 5.41) is 1.32. The lowest BCUT2D eigenvalue weighted by Gasteiger charge is -2.13. The van der Waals surface area contributed by atoms with Crippen LogP contribution >= 0.6 is 36.0 Å². The van der Waals surface area contributed by atoms with Gasteiger partial charge in [0.2, 0.25) is 0 Å². The molecule has 1 aromatic carbocycles. The van der Waals surface area contributed by atoms with Crippen molar-refractivity contribution in [1.82, 2.24) is 4.31 Å². The summed E-state index contributed by atoms with van der Waals surface area (Å²) in [5.74, 6) is 0.888. The average Bonchev–Trinajstić information content (AvgIpc) is 2.46. The van der Waals surface area contributed by atoms with E-state index < -0.39 is 0 Å². The molecule has 15 heavy (non-hydrogen) atoms. The average molecular weight is 261 g/mol. The molecule has 0 N–H and O–H groups in total. The number of benzene rings is 1. The first-order valence-corrected chi connectivity index (χ1v) is 5.70. The molecule has 5 heteroatoms. The Bertz CT molecular complexity index is 400. The van der Waals surface area contributed by atoms with Gasteiger partial charge in [-0.3, -0.25) is 4.99 Å². The van der Waals surface area contributed by atoms with Gasteiger partial charge in [-0.05, 0) is 19.1 Å². The number of amidine groups is 1. The van der Waals surface area contributed by atoms with Gasteiger partial charge in [-0.25, -0.2) is 0 Å². The normalized spacial score (nSPS) is 20.7. The van der Waals surface area contributed by atoms with Crippen LogP contribution in [0.15, 0.2) is 23.2 Å². The molecular formula is C10H10Cl2N2S. The van der Waals surface area contributed by atoms with E-state index in [0.717, 1.165) is 11.4 Å². The molecular weight excluding hydrogens is 251 g/mol. The minimum Gasteiger partial charge on any atom is -0.305 e. The minimum absolute atomic E-state index is 0.0105. The highest BCUT2D eigenvalue weighted by molar-refractivity contribution is 7.78. The zero-order chi connectivity index (χ0) is 11.0. The van der Waals surface area contributed by atoms with E-state index in [1.54, 1.807) is 4.31 Å². The van der Waals surface area contributed by atoms with Crippen molar-refractivity contribution < 1.29 is 0 Å². The molecule has 1 atom stereocenters. The van der Waals surface area contributed by atoms with Gasteiger partial charge >= 0.3 is 0 Å². The van der Waals surface area contributed by atoms with Gasteiger partial charge in [-0.2, -0.15) is 0 Å². The van der Waals surface area contributed by atoms with E-state index in [1.165, 1.54) is 0 Å². The van der Waals surface area contributed by atoms with Gasteiger partial charge in [0.25, 0.3) is 0 Å².